The smallest absolute Gasteiger partial charge is 0.0650 e. The first-order valence-electron chi connectivity index (χ1n) is 10.3. The molecule has 2 N–H and O–H groups in total. The van der Waals surface area contributed by atoms with Gasteiger partial charge >= 0.3 is 0 Å². The Labute approximate surface area is 142 Å². The third-order valence-corrected chi connectivity index (χ3v) is 9.07. The van der Waals surface area contributed by atoms with Gasteiger partial charge in [-0.25, -0.2) is 0 Å². The number of aliphatic hydroxyl groups excluding tert-OH is 1. The van der Waals surface area contributed by atoms with Gasteiger partial charge < -0.3 is 10.2 Å². The summed E-state index contributed by atoms with van der Waals surface area (Å²) in [4.78, 5) is 0. The minimum absolute atomic E-state index is 0.0540. The van der Waals surface area contributed by atoms with E-state index in [0.717, 1.165) is 48.9 Å². The van der Waals surface area contributed by atoms with Gasteiger partial charge in [-0.2, -0.15) is 0 Å². The van der Waals surface area contributed by atoms with Crippen molar-refractivity contribution in [3.8, 4) is 0 Å². The lowest BCUT2D eigenvalue weighted by Crippen LogP contribution is -2.53. The molecule has 9 atom stereocenters. The van der Waals surface area contributed by atoms with E-state index < -0.39 is 5.60 Å². The maximum atomic E-state index is 10.9. The highest BCUT2D eigenvalue weighted by Gasteiger charge is 2.58. The molecule has 2 nitrogen and oxygen atoms in total. The number of aliphatic hydroxyl groups is 2. The fraction of sp³-hybridized carbons (Fsp3) is 1.00. The molecule has 0 heterocycles. The highest BCUT2D eigenvalue weighted by atomic mass is 16.3. The molecule has 0 amide bonds. The fourth-order valence-corrected chi connectivity index (χ4v) is 7.71. The summed E-state index contributed by atoms with van der Waals surface area (Å²) in [5.74, 6) is 4.59. The standard InChI is InChI=1S/C21H36O2/c1-4-14-11-17-13(12-21(14,3)23)5-6-16-15(17)9-10-20(2)18(16)7-8-19(20)22/h13-19,22-23H,4-12H2,1-3H3/t13-,14+,15-,16+,17-,18-,19-,20-,21+/m0/s1. The third-order valence-electron chi connectivity index (χ3n) is 9.07. The van der Waals surface area contributed by atoms with Crippen LogP contribution in [0.4, 0.5) is 0 Å². The van der Waals surface area contributed by atoms with E-state index in [-0.39, 0.29) is 11.5 Å². The SMILES string of the molecule is CC[C@@H]1C[C@H]2[C@@H](CC[C@@H]3[C@@H]2CC[C@]2(C)[C@@H](O)CC[C@@H]32)C[C@@]1(C)O. The van der Waals surface area contributed by atoms with Crippen molar-refractivity contribution in [3.05, 3.63) is 0 Å². The summed E-state index contributed by atoms with van der Waals surface area (Å²) in [5, 5.41) is 21.4. The first kappa shape index (κ1) is 16.4. The molecule has 0 aromatic heterocycles. The summed E-state index contributed by atoms with van der Waals surface area (Å²) in [5.41, 5.74) is -0.228. The van der Waals surface area contributed by atoms with E-state index in [2.05, 4.69) is 20.8 Å². The Morgan fingerprint density at radius 3 is 2.48 bits per heavy atom. The summed E-state index contributed by atoms with van der Waals surface area (Å²) in [6.07, 6.45) is 10.9. The third kappa shape index (κ3) is 2.34. The van der Waals surface area contributed by atoms with Crippen molar-refractivity contribution >= 4 is 0 Å². The summed E-state index contributed by atoms with van der Waals surface area (Å²) in [7, 11) is 0. The molecule has 4 fully saturated rings. The van der Waals surface area contributed by atoms with E-state index in [0.29, 0.717) is 5.92 Å². The van der Waals surface area contributed by atoms with Crippen molar-refractivity contribution in [1.82, 2.24) is 0 Å². The Bertz CT molecular complexity index is 459. The Morgan fingerprint density at radius 1 is 0.957 bits per heavy atom. The molecule has 4 saturated carbocycles. The maximum Gasteiger partial charge on any atom is 0.0650 e. The summed E-state index contributed by atoms with van der Waals surface area (Å²) < 4.78 is 0. The van der Waals surface area contributed by atoms with Crippen molar-refractivity contribution in [2.24, 2.45) is 40.9 Å². The molecule has 4 aliphatic rings. The van der Waals surface area contributed by atoms with Gasteiger partial charge in [0.25, 0.3) is 0 Å². The highest BCUT2D eigenvalue weighted by Crippen LogP contribution is 2.63. The monoisotopic (exact) mass is 320 g/mol. The molecule has 0 aromatic carbocycles. The van der Waals surface area contributed by atoms with Gasteiger partial charge in [0.15, 0.2) is 0 Å². The van der Waals surface area contributed by atoms with Gasteiger partial charge in [0.2, 0.25) is 0 Å². The van der Waals surface area contributed by atoms with Crippen molar-refractivity contribution in [2.75, 3.05) is 0 Å². The van der Waals surface area contributed by atoms with Gasteiger partial charge in [-0.15, -0.1) is 0 Å². The fourth-order valence-electron chi connectivity index (χ4n) is 7.71. The first-order chi connectivity index (χ1) is 10.9. The Kier molecular flexibility index (Phi) is 3.89. The second-order valence-corrected chi connectivity index (χ2v) is 9.98. The van der Waals surface area contributed by atoms with Crippen LogP contribution in [0.3, 0.4) is 0 Å². The molecule has 0 radical (unpaired) electrons. The zero-order valence-corrected chi connectivity index (χ0v) is 15.3. The number of hydrogen-bond acceptors (Lipinski definition) is 2. The van der Waals surface area contributed by atoms with Crippen LogP contribution in [-0.4, -0.2) is 21.9 Å². The second-order valence-electron chi connectivity index (χ2n) is 9.98. The second kappa shape index (κ2) is 5.46. The largest absolute Gasteiger partial charge is 0.393 e. The van der Waals surface area contributed by atoms with E-state index in [9.17, 15) is 10.2 Å². The van der Waals surface area contributed by atoms with Gasteiger partial charge in [-0.3, -0.25) is 0 Å². The highest BCUT2D eigenvalue weighted by molar-refractivity contribution is 5.07. The zero-order chi connectivity index (χ0) is 16.4. The van der Waals surface area contributed by atoms with Crippen molar-refractivity contribution in [1.29, 1.82) is 0 Å². The van der Waals surface area contributed by atoms with Crippen LogP contribution in [-0.2, 0) is 0 Å². The number of rotatable bonds is 1. The molecule has 23 heavy (non-hydrogen) atoms. The van der Waals surface area contributed by atoms with Crippen molar-refractivity contribution < 1.29 is 10.2 Å². The molecule has 2 heteroatoms. The van der Waals surface area contributed by atoms with Crippen molar-refractivity contribution in [2.45, 2.75) is 90.3 Å². The quantitative estimate of drug-likeness (QED) is 0.752. The molecule has 0 saturated heterocycles. The average Bonchev–Trinajstić information content (AvgIpc) is 2.81. The van der Waals surface area contributed by atoms with Crippen LogP contribution in [0.2, 0.25) is 0 Å². The molecule has 0 bridgehead atoms. The lowest BCUT2D eigenvalue weighted by molar-refractivity contribution is -0.131. The van der Waals surface area contributed by atoms with E-state index in [1.165, 1.54) is 38.5 Å². The molecule has 0 aromatic rings. The van der Waals surface area contributed by atoms with E-state index in [4.69, 9.17) is 0 Å². The predicted molar refractivity (Wildman–Crippen MR) is 92.9 cm³/mol. The van der Waals surface area contributed by atoms with Gasteiger partial charge in [-0.05, 0) is 99.2 Å². The van der Waals surface area contributed by atoms with Gasteiger partial charge in [0.1, 0.15) is 0 Å². The molecular formula is C21H36O2. The van der Waals surface area contributed by atoms with Gasteiger partial charge in [0.05, 0.1) is 11.7 Å². The molecule has 0 spiro atoms. The topological polar surface area (TPSA) is 40.5 Å². The van der Waals surface area contributed by atoms with Crippen molar-refractivity contribution in [3.63, 3.8) is 0 Å². The number of hydrogen-bond donors (Lipinski definition) is 2. The summed E-state index contributed by atoms with van der Waals surface area (Å²) >= 11 is 0. The van der Waals surface area contributed by atoms with Crippen LogP contribution in [0, 0.1) is 40.9 Å². The minimum Gasteiger partial charge on any atom is -0.393 e. The molecule has 4 rings (SSSR count). The Morgan fingerprint density at radius 2 is 1.74 bits per heavy atom. The zero-order valence-electron chi connectivity index (χ0n) is 15.3. The summed E-state index contributed by atoms with van der Waals surface area (Å²) in [6, 6.07) is 0. The minimum atomic E-state index is -0.435. The first-order valence-corrected chi connectivity index (χ1v) is 10.3. The lowest BCUT2D eigenvalue weighted by Gasteiger charge is -2.58. The van der Waals surface area contributed by atoms with Gasteiger partial charge in [-0.1, -0.05) is 20.3 Å². The Hall–Kier alpha value is -0.0800. The lowest BCUT2D eigenvalue weighted by atomic mass is 9.48. The molecule has 132 valence electrons. The van der Waals surface area contributed by atoms with Crippen LogP contribution in [0.25, 0.3) is 0 Å². The van der Waals surface area contributed by atoms with Crippen LogP contribution in [0.1, 0.15) is 78.6 Å². The van der Waals surface area contributed by atoms with Crippen LogP contribution < -0.4 is 0 Å². The molecule has 0 unspecified atom stereocenters. The molecule has 0 aliphatic heterocycles. The van der Waals surface area contributed by atoms with Crippen LogP contribution in [0.5, 0.6) is 0 Å². The Balaban J connectivity index is 1.57. The van der Waals surface area contributed by atoms with E-state index in [1.807, 2.05) is 0 Å². The summed E-state index contributed by atoms with van der Waals surface area (Å²) in [6.45, 7) is 6.72. The van der Waals surface area contributed by atoms with E-state index in [1.54, 1.807) is 0 Å². The predicted octanol–water partition coefficient (Wildman–Crippen LogP) is 4.39. The maximum absolute atomic E-state index is 10.9. The molecule has 4 aliphatic carbocycles. The number of fused-ring (bicyclic) bond motifs is 5. The van der Waals surface area contributed by atoms with Crippen LogP contribution in [0.15, 0.2) is 0 Å². The average molecular weight is 321 g/mol. The normalized spacial score (nSPS) is 59.1. The van der Waals surface area contributed by atoms with E-state index >= 15 is 0 Å². The van der Waals surface area contributed by atoms with Gasteiger partial charge in [0, 0.05) is 0 Å². The molecular weight excluding hydrogens is 284 g/mol. The van der Waals surface area contributed by atoms with Crippen LogP contribution >= 0.6 is 0 Å².